The molecular formula is C23H26N2O3S. The average Bonchev–Trinajstić information content (AvgIpc) is 3.04. The third kappa shape index (κ3) is 5.01. The fourth-order valence-electron chi connectivity index (χ4n) is 3.71. The number of amides is 1. The third-order valence-corrected chi connectivity index (χ3v) is 5.75. The fraction of sp³-hybridized carbons (Fsp3) is 0.391. The number of benzene rings is 2. The zero-order valence-corrected chi connectivity index (χ0v) is 17.3. The number of hydrogen-bond donors (Lipinski definition) is 0. The van der Waals surface area contributed by atoms with Gasteiger partial charge in [-0.1, -0.05) is 42.5 Å². The van der Waals surface area contributed by atoms with Crippen molar-refractivity contribution in [2.24, 2.45) is 0 Å². The Bertz CT molecular complexity index is 835. The number of nitrogens with zero attached hydrogens (tertiary/aromatic N) is 2. The first kappa shape index (κ1) is 20.0. The van der Waals surface area contributed by atoms with Crippen LogP contribution in [0.2, 0.25) is 0 Å². The summed E-state index contributed by atoms with van der Waals surface area (Å²) in [6.07, 6.45) is 3.87. The Kier molecular flexibility index (Phi) is 6.54. The van der Waals surface area contributed by atoms with Gasteiger partial charge in [0.25, 0.3) is 0 Å². The van der Waals surface area contributed by atoms with E-state index in [9.17, 15) is 4.79 Å². The molecule has 29 heavy (non-hydrogen) atoms. The van der Waals surface area contributed by atoms with Crippen molar-refractivity contribution in [3.8, 4) is 0 Å². The van der Waals surface area contributed by atoms with Gasteiger partial charge in [0.1, 0.15) is 6.54 Å². The van der Waals surface area contributed by atoms with E-state index >= 15 is 0 Å². The van der Waals surface area contributed by atoms with Crippen molar-refractivity contribution < 1.29 is 14.3 Å². The number of carbonyl (C=O) groups is 1. The van der Waals surface area contributed by atoms with E-state index in [0.29, 0.717) is 18.3 Å². The molecule has 2 aliphatic rings. The molecule has 6 heteroatoms. The monoisotopic (exact) mass is 410 g/mol. The second kappa shape index (κ2) is 9.48. The summed E-state index contributed by atoms with van der Waals surface area (Å²) >= 11 is 5.57. The van der Waals surface area contributed by atoms with Gasteiger partial charge in [-0.15, -0.1) is 0 Å². The predicted octanol–water partition coefficient (Wildman–Crippen LogP) is 3.75. The Morgan fingerprint density at radius 1 is 1.03 bits per heavy atom. The van der Waals surface area contributed by atoms with Crippen LogP contribution in [0.3, 0.4) is 0 Å². The highest BCUT2D eigenvalue weighted by Gasteiger charge is 2.33. The van der Waals surface area contributed by atoms with Crippen molar-refractivity contribution in [2.45, 2.75) is 32.0 Å². The maximum Gasteiger partial charge on any atom is 0.248 e. The zero-order chi connectivity index (χ0) is 20.1. The van der Waals surface area contributed by atoms with Crippen LogP contribution >= 0.6 is 12.2 Å². The lowest BCUT2D eigenvalue weighted by molar-refractivity contribution is -0.164. The Morgan fingerprint density at radius 2 is 1.79 bits per heavy atom. The Balaban J connectivity index is 1.33. The van der Waals surface area contributed by atoms with Crippen molar-refractivity contribution in [1.29, 1.82) is 0 Å². The molecule has 152 valence electrons. The van der Waals surface area contributed by atoms with E-state index in [1.807, 2.05) is 23.1 Å². The predicted molar refractivity (Wildman–Crippen MR) is 117 cm³/mol. The number of thiocarbonyl (C=S) groups is 1. The van der Waals surface area contributed by atoms with Crippen molar-refractivity contribution in [2.75, 3.05) is 31.2 Å². The normalized spacial score (nSPS) is 19.8. The first-order valence-corrected chi connectivity index (χ1v) is 10.6. The third-order valence-electron chi connectivity index (χ3n) is 5.31. The van der Waals surface area contributed by atoms with Gasteiger partial charge in [-0.05, 0) is 61.2 Å². The van der Waals surface area contributed by atoms with Crippen molar-refractivity contribution in [1.82, 2.24) is 4.90 Å². The largest absolute Gasteiger partial charge is 0.353 e. The fourth-order valence-corrected chi connectivity index (χ4v) is 4.07. The van der Waals surface area contributed by atoms with Crippen LogP contribution in [-0.4, -0.2) is 48.5 Å². The molecule has 2 aliphatic heterocycles. The highest BCUT2D eigenvalue weighted by atomic mass is 32.1. The molecule has 0 saturated carbocycles. The topological polar surface area (TPSA) is 42.0 Å². The summed E-state index contributed by atoms with van der Waals surface area (Å²) in [5.41, 5.74) is 3.45. The standard InChI is InChI=1S/C23H26N2O3S/c26-21-17-25(23(29)24(21)13-15-28-22-8-4-5-14-27-22)20-11-9-19(10-12-20)16-18-6-2-1-3-7-18/h1-3,6-7,9-12,22H,4-5,8,13-17H2. The molecule has 0 spiro atoms. The molecule has 2 heterocycles. The molecule has 0 aliphatic carbocycles. The Morgan fingerprint density at radius 3 is 2.52 bits per heavy atom. The quantitative estimate of drug-likeness (QED) is 0.651. The van der Waals surface area contributed by atoms with Gasteiger partial charge in [-0.3, -0.25) is 9.69 Å². The molecular weight excluding hydrogens is 384 g/mol. The summed E-state index contributed by atoms with van der Waals surface area (Å²) < 4.78 is 11.3. The molecule has 2 saturated heterocycles. The van der Waals surface area contributed by atoms with Crippen molar-refractivity contribution in [3.05, 3.63) is 65.7 Å². The van der Waals surface area contributed by atoms with Crippen LogP contribution in [0.5, 0.6) is 0 Å². The lowest BCUT2D eigenvalue weighted by atomic mass is 10.0. The van der Waals surface area contributed by atoms with E-state index in [-0.39, 0.29) is 18.7 Å². The smallest absolute Gasteiger partial charge is 0.248 e. The van der Waals surface area contributed by atoms with Gasteiger partial charge >= 0.3 is 0 Å². The van der Waals surface area contributed by atoms with Gasteiger partial charge in [0.2, 0.25) is 5.91 Å². The number of ether oxygens (including phenoxy) is 2. The van der Waals surface area contributed by atoms with E-state index in [4.69, 9.17) is 21.7 Å². The van der Waals surface area contributed by atoms with Crippen LogP contribution in [0.25, 0.3) is 0 Å². The number of carbonyl (C=O) groups excluding carboxylic acids is 1. The molecule has 4 rings (SSSR count). The van der Waals surface area contributed by atoms with Crippen molar-refractivity contribution >= 4 is 28.9 Å². The molecule has 0 N–H and O–H groups in total. The van der Waals surface area contributed by atoms with Crippen LogP contribution in [-0.2, 0) is 20.7 Å². The minimum atomic E-state index is -0.150. The number of hydrogen-bond acceptors (Lipinski definition) is 4. The highest BCUT2D eigenvalue weighted by molar-refractivity contribution is 7.80. The maximum absolute atomic E-state index is 12.5. The number of rotatable bonds is 7. The number of anilines is 1. The van der Waals surface area contributed by atoms with Gasteiger partial charge < -0.3 is 14.4 Å². The molecule has 2 fully saturated rings. The van der Waals surface area contributed by atoms with Crippen LogP contribution in [0.4, 0.5) is 5.69 Å². The highest BCUT2D eigenvalue weighted by Crippen LogP contribution is 2.23. The van der Waals surface area contributed by atoms with Crippen LogP contribution in [0.1, 0.15) is 30.4 Å². The van der Waals surface area contributed by atoms with E-state index in [2.05, 4.69) is 36.4 Å². The average molecular weight is 411 g/mol. The zero-order valence-electron chi connectivity index (χ0n) is 16.5. The minimum Gasteiger partial charge on any atom is -0.353 e. The minimum absolute atomic E-state index is 0.0107. The molecule has 0 aromatic heterocycles. The van der Waals surface area contributed by atoms with Crippen LogP contribution < -0.4 is 4.90 Å². The maximum atomic E-state index is 12.5. The summed E-state index contributed by atoms with van der Waals surface area (Å²) in [7, 11) is 0. The SMILES string of the molecule is O=C1CN(c2ccc(Cc3ccccc3)cc2)C(=S)N1CCOC1CCCCO1. The van der Waals surface area contributed by atoms with Gasteiger partial charge in [-0.2, -0.15) is 0 Å². The first-order valence-electron chi connectivity index (χ1n) is 10.2. The summed E-state index contributed by atoms with van der Waals surface area (Å²) in [5.74, 6) is 0.0107. The second-order valence-corrected chi connectivity index (χ2v) is 7.77. The summed E-state index contributed by atoms with van der Waals surface area (Å²) in [5, 5.41) is 0.541. The molecule has 1 atom stereocenters. The molecule has 0 radical (unpaired) electrons. The van der Waals surface area contributed by atoms with Gasteiger partial charge in [0.05, 0.1) is 13.2 Å². The molecule has 0 bridgehead atoms. The lowest BCUT2D eigenvalue weighted by Crippen LogP contribution is -2.36. The Labute approximate surface area is 177 Å². The molecule has 1 amide bonds. The molecule has 2 aromatic rings. The van der Waals surface area contributed by atoms with E-state index < -0.39 is 0 Å². The van der Waals surface area contributed by atoms with E-state index in [1.54, 1.807) is 4.90 Å². The lowest BCUT2D eigenvalue weighted by Gasteiger charge is -2.24. The second-order valence-electron chi connectivity index (χ2n) is 7.41. The van der Waals surface area contributed by atoms with Gasteiger partial charge in [0, 0.05) is 12.3 Å². The molecule has 1 unspecified atom stereocenters. The van der Waals surface area contributed by atoms with Gasteiger partial charge in [0.15, 0.2) is 11.4 Å². The van der Waals surface area contributed by atoms with Gasteiger partial charge in [-0.25, -0.2) is 0 Å². The van der Waals surface area contributed by atoms with E-state index in [1.165, 1.54) is 11.1 Å². The van der Waals surface area contributed by atoms with E-state index in [0.717, 1.165) is 38.0 Å². The molecule has 2 aromatic carbocycles. The summed E-state index contributed by atoms with van der Waals surface area (Å²) in [4.78, 5) is 16.0. The molecule has 5 nitrogen and oxygen atoms in total. The summed E-state index contributed by atoms with van der Waals surface area (Å²) in [6.45, 7) is 1.91. The van der Waals surface area contributed by atoms with Crippen LogP contribution in [0, 0.1) is 0 Å². The summed E-state index contributed by atoms with van der Waals surface area (Å²) in [6, 6.07) is 18.6. The van der Waals surface area contributed by atoms with Crippen molar-refractivity contribution in [3.63, 3.8) is 0 Å². The first-order chi connectivity index (χ1) is 14.2. The Hall–Kier alpha value is -2.28. The van der Waals surface area contributed by atoms with Crippen LogP contribution in [0.15, 0.2) is 54.6 Å².